The number of rotatable bonds is 8. The summed E-state index contributed by atoms with van der Waals surface area (Å²) in [6, 6.07) is 21.7. The van der Waals surface area contributed by atoms with Gasteiger partial charge in [0.05, 0.1) is 13.1 Å². The van der Waals surface area contributed by atoms with Gasteiger partial charge < -0.3 is 29.7 Å². The van der Waals surface area contributed by atoms with Crippen molar-refractivity contribution in [2.75, 3.05) is 26.2 Å². The molecule has 1 unspecified atom stereocenters. The van der Waals surface area contributed by atoms with Crippen molar-refractivity contribution in [2.45, 2.75) is 20.4 Å². The zero-order valence-corrected chi connectivity index (χ0v) is 15.6. The minimum absolute atomic E-state index is 0. The Morgan fingerprint density at radius 1 is 0.696 bits per heavy atom. The number of likely N-dealkylation sites (N-methyl/N-ethyl adjacent to an activating group) is 1. The molecule has 0 aliphatic carbocycles. The number of hydrogen-bond donors (Lipinski definition) is 2. The standard InChI is InChI=1S/C19H26N2.2ClH/c1-3-20(4-2)15-16-21(19-13-9-6-10-14-19)17-18-11-7-5-8-12-18;;/h5-14H,3-4,15-17H2,1-2H3;2*1H. The van der Waals surface area contributed by atoms with E-state index in [2.05, 4.69) is 74.5 Å². The van der Waals surface area contributed by atoms with Crippen LogP contribution < -0.4 is 34.6 Å². The van der Waals surface area contributed by atoms with Gasteiger partial charge in [0.2, 0.25) is 0 Å². The Hall–Kier alpha value is -1.06. The maximum absolute atomic E-state index is 2.28. The van der Waals surface area contributed by atoms with Crippen molar-refractivity contribution >= 4 is 5.69 Å². The predicted octanol–water partition coefficient (Wildman–Crippen LogP) is -4.66. The van der Waals surface area contributed by atoms with Crippen LogP contribution in [0.25, 0.3) is 0 Å². The molecule has 0 spiro atoms. The number of quaternary nitrogens is 2. The Bertz CT molecular complexity index is 501. The fourth-order valence-electron chi connectivity index (χ4n) is 2.78. The first kappa shape index (κ1) is 21.9. The van der Waals surface area contributed by atoms with Crippen LogP contribution in [0.15, 0.2) is 60.7 Å². The molecule has 23 heavy (non-hydrogen) atoms. The van der Waals surface area contributed by atoms with Crippen LogP contribution in [0.3, 0.4) is 0 Å². The Balaban J connectivity index is 0.00000242. The molecule has 0 saturated heterocycles. The van der Waals surface area contributed by atoms with Crippen LogP contribution in [0.2, 0.25) is 0 Å². The Morgan fingerprint density at radius 2 is 1.22 bits per heavy atom. The molecular weight excluding hydrogens is 327 g/mol. The van der Waals surface area contributed by atoms with Crippen molar-refractivity contribution in [1.29, 1.82) is 0 Å². The molecule has 2 N–H and O–H groups in total. The lowest BCUT2D eigenvalue weighted by Crippen LogP contribution is -3.17. The first-order valence-electron chi connectivity index (χ1n) is 8.11. The summed E-state index contributed by atoms with van der Waals surface area (Å²) in [5.74, 6) is 0. The second-order valence-corrected chi connectivity index (χ2v) is 5.59. The van der Waals surface area contributed by atoms with Crippen LogP contribution in [0.1, 0.15) is 19.4 Å². The van der Waals surface area contributed by atoms with Crippen LogP contribution in [-0.2, 0) is 6.54 Å². The topological polar surface area (TPSA) is 8.88 Å². The highest BCUT2D eigenvalue weighted by Crippen LogP contribution is 2.01. The van der Waals surface area contributed by atoms with Crippen LogP contribution in [-0.4, -0.2) is 26.2 Å². The number of benzene rings is 2. The average Bonchev–Trinajstić information content (AvgIpc) is 2.56. The smallest absolute Gasteiger partial charge is 0.132 e. The molecule has 2 nitrogen and oxygen atoms in total. The summed E-state index contributed by atoms with van der Waals surface area (Å²) in [5, 5.41) is 0. The second-order valence-electron chi connectivity index (χ2n) is 5.59. The van der Waals surface area contributed by atoms with E-state index >= 15 is 0 Å². The molecule has 0 saturated carbocycles. The molecule has 0 aliphatic rings. The van der Waals surface area contributed by atoms with Gasteiger partial charge in [-0.1, -0.05) is 48.5 Å². The van der Waals surface area contributed by atoms with Gasteiger partial charge in [0.15, 0.2) is 0 Å². The predicted molar refractivity (Wildman–Crippen MR) is 89.0 cm³/mol. The summed E-state index contributed by atoms with van der Waals surface area (Å²) in [5.41, 5.74) is 2.80. The van der Waals surface area contributed by atoms with E-state index in [1.165, 1.54) is 37.4 Å². The third kappa shape index (κ3) is 7.36. The van der Waals surface area contributed by atoms with Crippen LogP contribution in [0.4, 0.5) is 5.69 Å². The highest BCUT2D eigenvalue weighted by molar-refractivity contribution is 5.28. The third-order valence-corrected chi connectivity index (χ3v) is 4.22. The molecule has 0 amide bonds. The summed E-state index contributed by atoms with van der Waals surface area (Å²) in [4.78, 5) is 3.23. The largest absolute Gasteiger partial charge is 1.00 e. The van der Waals surface area contributed by atoms with Gasteiger partial charge in [-0.2, -0.15) is 0 Å². The first-order valence-corrected chi connectivity index (χ1v) is 8.11. The molecule has 2 aromatic carbocycles. The van der Waals surface area contributed by atoms with Crippen molar-refractivity contribution in [1.82, 2.24) is 0 Å². The Kier molecular flexibility index (Phi) is 11.8. The van der Waals surface area contributed by atoms with Gasteiger partial charge in [-0.15, -0.1) is 0 Å². The van der Waals surface area contributed by atoms with Crippen molar-refractivity contribution in [2.24, 2.45) is 0 Å². The highest BCUT2D eigenvalue weighted by Gasteiger charge is 2.15. The van der Waals surface area contributed by atoms with E-state index in [0.29, 0.717) is 0 Å². The van der Waals surface area contributed by atoms with Gasteiger partial charge in [-0.3, -0.25) is 4.90 Å². The number of para-hydroxylation sites is 1. The fourth-order valence-corrected chi connectivity index (χ4v) is 2.78. The van der Waals surface area contributed by atoms with Crippen molar-refractivity contribution in [3.8, 4) is 0 Å². The van der Waals surface area contributed by atoms with Gasteiger partial charge >= 0.3 is 0 Å². The SMILES string of the molecule is CC[NH+](CC)CC[NH+](Cc1ccccc1)c1ccccc1.[Cl-].[Cl-]. The number of halogens is 2. The maximum Gasteiger partial charge on any atom is 0.132 e. The van der Waals surface area contributed by atoms with Gasteiger partial charge in [-0.25, -0.2) is 0 Å². The molecule has 4 heteroatoms. The molecule has 0 heterocycles. The van der Waals surface area contributed by atoms with E-state index in [1.54, 1.807) is 9.80 Å². The molecule has 0 bridgehead atoms. The molecule has 1 atom stereocenters. The van der Waals surface area contributed by atoms with Crippen molar-refractivity contribution < 1.29 is 34.6 Å². The lowest BCUT2D eigenvalue weighted by Gasteiger charge is -2.22. The summed E-state index contributed by atoms with van der Waals surface area (Å²) >= 11 is 0. The van der Waals surface area contributed by atoms with Crippen LogP contribution >= 0.6 is 0 Å². The number of nitrogens with one attached hydrogen (secondary N) is 2. The summed E-state index contributed by atoms with van der Waals surface area (Å²) in [7, 11) is 0. The van der Waals surface area contributed by atoms with Crippen LogP contribution in [0, 0.1) is 0 Å². The minimum Gasteiger partial charge on any atom is -1.00 e. The van der Waals surface area contributed by atoms with E-state index in [9.17, 15) is 0 Å². The average molecular weight is 355 g/mol. The molecule has 2 aromatic rings. The van der Waals surface area contributed by atoms with Crippen molar-refractivity contribution in [3.63, 3.8) is 0 Å². The normalized spacial score (nSPS) is 11.4. The van der Waals surface area contributed by atoms with E-state index in [0.717, 1.165) is 6.54 Å². The Morgan fingerprint density at radius 3 is 1.74 bits per heavy atom. The van der Waals surface area contributed by atoms with E-state index in [1.807, 2.05) is 0 Å². The quantitative estimate of drug-likeness (QED) is 0.471. The summed E-state index contributed by atoms with van der Waals surface area (Å²) in [6.45, 7) is 10.4. The second kappa shape index (κ2) is 12.4. The van der Waals surface area contributed by atoms with E-state index in [-0.39, 0.29) is 24.8 Å². The summed E-state index contributed by atoms with van der Waals surface area (Å²) in [6.07, 6.45) is 0. The maximum atomic E-state index is 2.28. The van der Waals surface area contributed by atoms with Gasteiger partial charge in [-0.05, 0) is 26.0 Å². The van der Waals surface area contributed by atoms with Gasteiger partial charge in [0.25, 0.3) is 0 Å². The zero-order chi connectivity index (χ0) is 14.9. The van der Waals surface area contributed by atoms with E-state index < -0.39 is 0 Å². The molecule has 0 radical (unpaired) electrons. The van der Waals surface area contributed by atoms with Gasteiger partial charge in [0.1, 0.15) is 25.3 Å². The third-order valence-electron chi connectivity index (χ3n) is 4.22. The van der Waals surface area contributed by atoms with E-state index in [4.69, 9.17) is 0 Å². The monoisotopic (exact) mass is 354 g/mol. The molecule has 128 valence electrons. The molecule has 0 aliphatic heterocycles. The minimum atomic E-state index is 0. The Labute approximate surface area is 153 Å². The molecule has 0 fully saturated rings. The fraction of sp³-hybridized carbons (Fsp3) is 0.368. The zero-order valence-electron chi connectivity index (χ0n) is 14.1. The van der Waals surface area contributed by atoms with Crippen molar-refractivity contribution in [3.05, 3.63) is 66.2 Å². The first-order chi connectivity index (χ1) is 10.3. The molecular formula is C19H28Cl2N2. The van der Waals surface area contributed by atoms with Crippen LogP contribution in [0.5, 0.6) is 0 Å². The highest BCUT2D eigenvalue weighted by atomic mass is 35.5. The lowest BCUT2D eigenvalue weighted by atomic mass is 10.2. The molecule has 2 rings (SSSR count). The number of hydrogen-bond acceptors (Lipinski definition) is 0. The van der Waals surface area contributed by atoms with Gasteiger partial charge in [0, 0.05) is 5.56 Å². The molecule has 0 aromatic heterocycles. The lowest BCUT2D eigenvalue weighted by molar-refractivity contribution is -0.935. The summed E-state index contributed by atoms with van der Waals surface area (Å²) < 4.78 is 0.